The number of aromatic nitrogens is 2. The van der Waals surface area contributed by atoms with E-state index in [1.54, 1.807) is 11.1 Å². The highest BCUT2D eigenvalue weighted by molar-refractivity contribution is 8.00. The summed E-state index contributed by atoms with van der Waals surface area (Å²) < 4.78 is 62.2. The molecule has 17 nitrogen and oxygen atoms in total. The zero-order valence-electron chi connectivity index (χ0n) is 36.1. The minimum Gasteiger partial charge on any atom is -0.480 e. The van der Waals surface area contributed by atoms with Crippen molar-refractivity contribution in [1.29, 1.82) is 0 Å². The van der Waals surface area contributed by atoms with E-state index in [0.29, 0.717) is 36.9 Å². The Kier molecular flexibility index (Phi) is 19.6. The Morgan fingerprint density at radius 1 is 0.954 bits per heavy atom. The number of carboxylic acid groups (broad SMARTS) is 2. The Labute approximate surface area is 375 Å². The Balaban J connectivity index is 0.00000148. The van der Waals surface area contributed by atoms with Gasteiger partial charge < -0.3 is 26.6 Å². The molecule has 2 aromatic carbocycles. The molecule has 0 radical (unpaired) electrons. The summed E-state index contributed by atoms with van der Waals surface area (Å²) in [4.78, 5) is 86.2. The van der Waals surface area contributed by atoms with Gasteiger partial charge in [0.15, 0.2) is 0 Å². The molecule has 0 saturated carbocycles. The van der Waals surface area contributed by atoms with Crippen LogP contribution >= 0.6 is 11.8 Å². The minimum atomic E-state index is -5.08. The van der Waals surface area contributed by atoms with Crippen LogP contribution in [0.1, 0.15) is 89.1 Å². The number of carbonyl (C=O) groups is 7. The Morgan fingerprint density at radius 2 is 1.60 bits per heavy atom. The molecule has 65 heavy (non-hydrogen) atoms. The monoisotopic (exact) mass is 940 g/mol. The molecule has 3 aromatic rings. The summed E-state index contributed by atoms with van der Waals surface area (Å²) >= 11 is 1.05. The number of unbranched alkanes of at least 4 members (excludes halogenated alkanes) is 2. The number of carboxylic acids is 2. The summed E-state index contributed by atoms with van der Waals surface area (Å²) in [5.41, 5.74) is 17.8. The maximum absolute atomic E-state index is 15.0. The van der Waals surface area contributed by atoms with E-state index in [0.717, 1.165) is 40.4 Å². The van der Waals surface area contributed by atoms with Gasteiger partial charge in [-0.1, -0.05) is 57.5 Å². The number of carbonyl (C=O) groups excluding carboxylic acids is 5. The fraction of sp³-hybridized carbons (Fsp3) is 0.476. The first kappa shape index (κ1) is 53.4. The molecule has 1 aliphatic heterocycles. The molecule has 1 saturated heterocycles. The number of nitrogens with two attached hydrogens (primary N) is 2. The van der Waals surface area contributed by atoms with Gasteiger partial charge in [0.25, 0.3) is 5.91 Å². The number of aliphatic carboxylic acids is 2. The molecule has 1 aliphatic rings. The third kappa shape index (κ3) is 16.2. The topological polar surface area (TPSA) is 260 Å². The van der Waals surface area contributed by atoms with Crippen LogP contribution in [-0.4, -0.2) is 114 Å². The molecule has 2 heterocycles. The molecule has 4 rings (SSSR count). The minimum absolute atomic E-state index is 0.00567. The Hall–Kier alpha value is -5.94. The highest BCUT2D eigenvalue weighted by atomic mass is 32.2. The van der Waals surface area contributed by atoms with Crippen molar-refractivity contribution >= 4 is 53.2 Å². The summed E-state index contributed by atoms with van der Waals surface area (Å²) in [5.74, 6) is -7.46. The summed E-state index contributed by atoms with van der Waals surface area (Å²) in [5, 5.41) is 20.1. The van der Waals surface area contributed by atoms with Crippen LogP contribution in [0.15, 0.2) is 54.7 Å². The van der Waals surface area contributed by atoms with Crippen molar-refractivity contribution in [2.24, 2.45) is 16.9 Å². The SMILES string of the molecule is CC(=O)N(CC[C@H](N)C(=O)NNC(=O)CCCCCN1C(=O)CC(SC[C@H](N)C(=O)O)C1=O)[C@@H](c1nn(-c2cc(F)ccc2F)cc1Cc1ccccc1)C(C)(C)C.O=C(O)C(F)(F)F. The molecule has 4 atom stereocenters. The molecular weight excluding hydrogens is 888 g/mol. The van der Waals surface area contributed by atoms with Crippen LogP contribution in [-0.2, 0) is 40.0 Å². The number of hydrogen-bond donors (Lipinski definition) is 6. The normalized spacial score (nSPS) is 15.4. The lowest BCUT2D eigenvalue weighted by Crippen LogP contribution is -2.50. The lowest BCUT2D eigenvalue weighted by Gasteiger charge is -2.39. The number of benzene rings is 2. The highest BCUT2D eigenvalue weighted by Crippen LogP contribution is 2.40. The van der Waals surface area contributed by atoms with E-state index in [1.165, 1.54) is 11.6 Å². The van der Waals surface area contributed by atoms with Crippen LogP contribution < -0.4 is 22.3 Å². The van der Waals surface area contributed by atoms with Crippen molar-refractivity contribution in [3.63, 3.8) is 0 Å². The van der Waals surface area contributed by atoms with Crippen LogP contribution in [0.5, 0.6) is 0 Å². The first-order valence-electron chi connectivity index (χ1n) is 20.2. The van der Waals surface area contributed by atoms with Gasteiger partial charge in [-0.3, -0.25) is 44.5 Å². The maximum Gasteiger partial charge on any atom is 0.490 e. The molecule has 8 N–H and O–H groups in total. The molecule has 1 fully saturated rings. The summed E-state index contributed by atoms with van der Waals surface area (Å²) in [6.45, 7) is 7.36. The van der Waals surface area contributed by atoms with Crippen molar-refractivity contribution in [2.45, 2.75) is 102 Å². The zero-order valence-corrected chi connectivity index (χ0v) is 36.9. The number of imide groups is 1. The second-order valence-electron chi connectivity index (χ2n) is 16.1. The molecule has 1 aromatic heterocycles. The van der Waals surface area contributed by atoms with Crippen molar-refractivity contribution in [1.82, 2.24) is 30.4 Å². The first-order chi connectivity index (χ1) is 30.3. The van der Waals surface area contributed by atoms with Crippen LogP contribution in [0.3, 0.4) is 0 Å². The van der Waals surface area contributed by atoms with Crippen molar-refractivity contribution < 1.29 is 65.7 Å². The zero-order chi connectivity index (χ0) is 48.8. The maximum atomic E-state index is 15.0. The molecule has 356 valence electrons. The van der Waals surface area contributed by atoms with Gasteiger partial charge in [-0.25, -0.2) is 18.3 Å². The smallest absolute Gasteiger partial charge is 0.480 e. The lowest BCUT2D eigenvalue weighted by molar-refractivity contribution is -0.192. The average molecular weight is 941 g/mol. The van der Waals surface area contributed by atoms with E-state index in [4.69, 9.17) is 31.6 Å². The number of nitrogens with zero attached hydrogens (tertiary/aromatic N) is 4. The third-order valence-electron chi connectivity index (χ3n) is 9.88. The van der Waals surface area contributed by atoms with Gasteiger partial charge in [0.2, 0.25) is 23.6 Å². The van der Waals surface area contributed by atoms with Crippen LogP contribution in [0.2, 0.25) is 0 Å². The molecule has 0 bridgehead atoms. The number of hydrazine groups is 1. The van der Waals surface area contributed by atoms with E-state index in [1.807, 2.05) is 51.1 Å². The highest BCUT2D eigenvalue weighted by Gasteiger charge is 2.40. The average Bonchev–Trinajstić information content (AvgIpc) is 3.75. The van der Waals surface area contributed by atoms with Crippen LogP contribution in [0, 0.1) is 17.0 Å². The number of rotatable bonds is 19. The lowest BCUT2D eigenvalue weighted by atomic mass is 9.81. The molecule has 1 unspecified atom stereocenters. The Bertz CT molecular complexity index is 2170. The Morgan fingerprint density at radius 3 is 2.18 bits per heavy atom. The number of alkyl halides is 3. The van der Waals surface area contributed by atoms with E-state index in [9.17, 15) is 50.7 Å². The number of amides is 5. The molecule has 0 spiro atoms. The molecule has 0 aliphatic carbocycles. The third-order valence-corrected chi connectivity index (χ3v) is 11.2. The van der Waals surface area contributed by atoms with Gasteiger partial charge in [0, 0.05) is 62.9 Å². The van der Waals surface area contributed by atoms with Gasteiger partial charge in [-0.05, 0) is 42.4 Å². The van der Waals surface area contributed by atoms with Gasteiger partial charge in [0.1, 0.15) is 23.4 Å². The van der Waals surface area contributed by atoms with Crippen LogP contribution in [0.4, 0.5) is 22.0 Å². The number of hydrogen-bond acceptors (Lipinski definition) is 11. The second-order valence-corrected chi connectivity index (χ2v) is 17.4. The standard InChI is InChI=1S/C40H52F2N8O7S.C2HF3O2/c1-24(51)48(36(40(2,3)4)35-26(19-25-11-7-5-8-12-25)22-50(47-35)31-20-27(41)14-15-28(31)42)18-16-29(43)37(54)46-45-33(52)13-9-6-10-17-49-34(53)21-32(38(49)55)58-23-30(44)39(56)57;3-2(4,5)1(6)7/h5,7-8,11-12,14-15,20,22,29-30,32,36H,6,9-10,13,16-19,21,23,43-44H2,1-4H3,(H,45,52)(H,46,54)(H,56,57);(H,6,7)/t29-,30-,32?,36-;/m0./s1. The van der Waals surface area contributed by atoms with Crippen molar-refractivity contribution in [3.8, 4) is 5.69 Å². The predicted molar refractivity (Wildman–Crippen MR) is 227 cm³/mol. The number of nitrogens with one attached hydrogen (secondary N) is 2. The van der Waals surface area contributed by atoms with Gasteiger partial charge in [-0.2, -0.15) is 18.3 Å². The van der Waals surface area contributed by atoms with E-state index in [-0.39, 0.29) is 61.5 Å². The summed E-state index contributed by atoms with van der Waals surface area (Å²) in [7, 11) is 0. The van der Waals surface area contributed by atoms with Gasteiger partial charge >= 0.3 is 18.1 Å². The second kappa shape index (κ2) is 23.8. The fourth-order valence-electron chi connectivity index (χ4n) is 6.62. The summed E-state index contributed by atoms with van der Waals surface area (Å²) in [6, 6.07) is 9.67. The predicted octanol–water partition coefficient (Wildman–Crippen LogP) is 4.01. The quantitative estimate of drug-likeness (QED) is 0.0430. The van der Waals surface area contributed by atoms with Crippen LogP contribution in [0.25, 0.3) is 5.69 Å². The van der Waals surface area contributed by atoms with E-state index in [2.05, 4.69) is 10.9 Å². The first-order valence-corrected chi connectivity index (χ1v) is 21.3. The number of halogens is 5. The van der Waals surface area contributed by atoms with Crippen molar-refractivity contribution in [2.75, 3.05) is 18.8 Å². The van der Waals surface area contributed by atoms with Gasteiger partial charge in [0.05, 0.1) is 23.0 Å². The number of likely N-dealkylation sites (tertiary alicyclic amines) is 1. The fourth-order valence-corrected chi connectivity index (χ4v) is 7.73. The molecule has 5 amide bonds. The van der Waals surface area contributed by atoms with Gasteiger partial charge in [-0.15, -0.1) is 11.8 Å². The van der Waals surface area contributed by atoms with Crippen molar-refractivity contribution in [3.05, 3.63) is 83.2 Å². The molecular formula is C42H53F5N8O9S. The number of thioether (sulfide) groups is 1. The van der Waals surface area contributed by atoms with E-state index < -0.39 is 70.4 Å². The van der Waals surface area contributed by atoms with E-state index >= 15 is 0 Å². The molecule has 23 heteroatoms. The largest absolute Gasteiger partial charge is 0.490 e. The summed E-state index contributed by atoms with van der Waals surface area (Å²) in [6.07, 6.45) is -1.65.